The van der Waals surface area contributed by atoms with Gasteiger partial charge >= 0.3 is 11.9 Å². The zero-order valence-electron chi connectivity index (χ0n) is 25.0. The van der Waals surface area contributed by atoms with Gasteiger partial charge in [0, 0.05) is 29.8 Å². The van der Waals surface area contributed by atoms with Crippen molar-refractivity contribution in [1.29, 1.82) is 0 Å². The van der Waals surface area contributed by atoms with Crippen LogP contribution in [0.4, 0.5) is 4.39 Å². The first-order valence-corrected chi connectivity index (χ1v) is 14.5. The molecule has 12 heteroatoms. The lowest BCUT2D eigenvalue weighted by Gasteiger charge is -2.46. The van der Waals surface area contributed by atoms with Crippen LogP contribution in [0.3, 0.4) is 0 Å². The van der Waals surface area contributed by atoms with Crippen LogP contribution in [0.2, 0.25) is 0 Å². The first kappa shape index (κ1) is 30.7. The topological polar surface area (TPSA) is 141 Å². The fourth-order valence-electron chi connectivity index (χ4n) is 6.04. The van der Waals surface area contributed by atoms with E-state index in [-0.39, 0.29) is 38.0 Å². The fraction of sp³-hybridized carbons (Fsp3) is 0.265. The van der Waals surface area contributed by atoms with Crippen LogP contribution in [0.5, 0.6) is 0 Å². The molecule has 0 spiro atoms. The minimum atomic E-state index is -1.91. The number of ether oxygens (including phenoxy) is 3. The normalized spacial score (nSPS) is 21.2. The Morgan fingerprint density at radius 1 is 1.04 bits per heavy atom. The number of aliphatic carboxylic acids is 1. The molecule has 11 nitrogen and oxygen atoms in total. The molecule has 3 unspecified atom stereocenters. The molecule has 2 aliphatic heterocycles. The van der Waals surface area contributed by atoms with Crippen molar-refractivity contribution in [2.24, 2.45) is 11.3 Å². The monoisotopic (exact) mass is 627 g/mol. The number of nitrogens with zero attached hydrogens (tertiary/aromatic N) is 3. The number of carboxylic acids is 1. The maximum Gasteiger partial charge on any atom is 0.323 e. The number of likely N-dealkylation sites (tertiary alicyclic amines) is 1. The number of carboxylic acid groups (broad SMARTS) is 1. The van der Waals surface area contributed by atoms with E-state index < -0.39 is 40.9 Å². The van der Waals surface area contributed by atoms with Gasteiger partial charge in [0.1, 0.15) is 12.1 Å². The van der Waals surface area contributed by atoms with Gasteiger partial charge in [0.05, 0.1) is 13.2 Å². The molecule has 0 amide bonds. The summed E-state index contributed by atoms with van der Waals surface area (Å²) in [5, 5.41) is 14.2. The SMILES string of the molecule is COC(=O)C1(C(=O)O)CC(C(=O)C2=COCO2)N(Cc2ccc(-c3noc(-c4ccc(-c5ccccc5)c(F)c4)n3)cc2)CC1C. The van der Waals surface area contributed by atoms with Crippen molar-refractivity contribution in [3.8, 4) is 34.0 Å². The van der Waals surface area contributed by atoms with Crippen molar-refractivity contribution in [2.75, 3.05) is 20.4 Å². The Morgan fingerprint density at radius 2 is 1.78 bits per heavy atom. The first-order chi connectivity index (χ1) is 22.2. The van der Waals surface area contributed by atoms with Crippen LogP contribution in [-0.4, -0.2) is 64.4 Å². The van der Waals surface area contributed by atoms with Gasteiger partial charge in [0.25, 0.3) is 5.89 Å². The minimum absolute atomic E-state index is 0.0356. The van der Waals surface area contributed by atoms with E-state index >= 15 is 0 Å². The number of esters is 1. The van der Waals surface area contributed by atoms with Crippen LogP contribution in [0, 0.1) is 17.2 Å². The number of benzene rings is 3. The summed E-state index contributed by atoms with van der Waals surface area (Å²) < 4.78 is 35.6. The number of Topliss-reactive ketones (excluding diaryl/α,β-unsaturated/α-hetero) is 1. The molecule has 1 saturated heterocycles. The van der Waals surface area contributed by atoms with Gasteiger partial charge in [0.15, 0.2) is 5.41 Å². The smallest absolute Gasteiger partial charge is 0.323 e. The number of halogens is 1. The van der Waals surface area contributed by atoms with Crippen molar-refractivity contribution in [2.45, 2.75) is 25.9 Å². The predicted octanol–water partition coefficient (Wildman–Crippen LogP) is 5.08. The van der Waals surface area contributed by atoms with Crippen LogP contribution in [0.25, 0.3) is 34.0 Å². The largest absolute Gasteiger partial charge is 0.480 e. The Kier molecular flexibility index (Phi) is 8.37. The summed E-state index contributed by atoms with van der Waals surface area (Å²) >= 11 is 0. The highest BCUT2D eigenvalue weighted by Gasteiger charge is 2.58. The molecule has 46 heavy (non-hydrogen) atoms. The molecule has 0 aliphatic carbocycles. The number of carbonyl (C=O) groups excluding carboxylic acids is 2. The summed E-state index contributed by atoms with van der Waals surface area (Å²) in [6.07, 6.45) is 0.894. The summed E-state index contributed by atoms with van der Waals surface area (Å²) in [5.41, 5.74) is 1.23. The molecule has 3 aromatic carbocycles. The summed E-state index contributed by atoms with van der Waals surface area (Å²) in [4.78, 5) is 45.0. The van der Waals surface area contributed by atoms with Gasteiger partial charge in [-0.2, -0.15) is 4.98 Å². The van der Waals surface area contributed by atoms with Crippen molar-refractivity contribution in [3.63, 3.8) is 0 Å². The third kappa shape index (κ3) is 5.63. The summed E-state index contributed by atoms with van der Waals surface area (Å²) in [6.45, 7) is 1.93. The van der Waals surface area contributed by atoms with E-state index in [0.29, 0.717) is 22.5 Å². The lowest BCUT2D eigenvalue weighted by molar-refractivity contribution is -0.178. The van der Waals surface area contributed by atoms with Gasteiger partial charge in [-0.15, -0.1) is 0 Å². The zero-order valence-corrected chi connectivity index (χ0v) is 25.0. The Balaban J connectivity index is 1.21. The molecule has 4 aromatic rings. The highest BCUT2D eigenvalue weighted by atomic mass is 19.1. The molecule has 236 valence electrons. The molecule has 2 aliphatic rings. The third-order valence-corrected chi connectivity index (χ3v) is 8.58. The molecule has 3 atom stereocenters. The van der Waals surface area contributed by atoms with Gasteiger partial charge in [-0.1, -0.05) is 72.7 Å². The summed E-state index contributed by atoms with van der Waals surface area (Å²) in [6, 6.07) is 20.2. The molecule has 0 saturated carbocycles. The van der Waals surface area contributed by atoms with Crippen LogP contribution in [-0.2, 0) is 35.1 Å². The highest BCUT2D eigenvalue weighted by Crippen LogP contribution is 2.42. The molecular weight excluding hydrogens is 597 g/mol. The standard InChI is InChI=1S/C34H30FN3O8/c1-20-16-38(27(29(39)28-18-44-19-45-28)15-34(20,32(40)41)33(42)43-2)17-21-8-10-23(11-9-21)30-36-31(46-37-30)24-12-13-25(26(35)14-24)22-6-4-3-5-7-22/h3-14,18,20,27H,15-17,19H2,1-2H3,(H,40,41). The molecule has 0 bridgehead atoms. The molecule has 1 aromatic heterocycles. The van der Waals surface area contributed by atoms with E-state index in [1.165, 1.54) is 12.3 Å². The second-order valence-corrected chi connectivity index (χ2v) is 11.3. The fourth-order valence-corrected chi connectivity index (χ4v) is 6.04. The first-order valence-electron chi connectivity index (χ1n) is 14.5. The number of ketones is 1. The number of aromatic nitrogens is 2. The van der Waals surface area contributed by atoms with E-state index in [1.807, 2.05) is 47.4 Å². The average Bonchev–Trinajstić information content (AvgIpc) is 3.79. The third-order valence-electron chi connectivity index (χ3n) is 8.58. The molecule has 0 radical (unpaired) electrons. The second kappa shape index (κ2) is 12.6. The number of methoxy groups -OCH3 is 1. The molecule has 1 N–H and O–H groups in total. The van der Waals surface area contributed by atoms with Crippen LogP contribution in [0.15, 0.2) is 89.3 Å². The quantitative estimate of drug-likeness (QED) is 0.196. The summed E-state index contributed by atoms with van der Waals surface area (Å²) in [7, 11) is 1.13. The Hall–Kier alpha value is -5.36. The Morgan fingerprint density at radius 3 is 2.43 bits per heavy atom. The zero-order chi connectivity index (χ0) is 32.4. The lowest BCUT2D eigenvalue weighted by Crippen LogP contribution is -2.60. The molecule has 6 rings (SSSR count). The predicted molar refractivity (Wildman–Crippen MR) is 161 cm³/mol. The van der Waals surface area contributed by atoms with E-state index in [0.717, 1.165) is 18.2 Å². The van der Waals surface area contributed by atoms with Gasteiger partial charge in [0.2, 0.25) is 24.2 Å². The highest BCUT2D eigenvalue weighted by molar-refractivity contribution is 6.03. The van der Waals surface area contributed by atoms with Crippen LogP contribution < -0.4 is 0 Å². The number of hydrogen-bond acceptors (Lipinski definition) is 10. The van der Waals surface area contributed by atoms with E-state index in [1.54, 1.807) is 31.2 Å². The van der Waals surface area contributed by atoms with Crippen LogP contribution >= 0.6 is 0 Å². The molecule has 1 fully saturated rings. The maximum atomic E-state index is 14.9. The van der Waals surface area contributed by atoms with Gasteiger partial charge < -0.3 is 23.8 Å². The van der Waals surface area contributed by atoms with Gasteiger partial charge in [-0.25, -0.2) is 4.39 Å². The molecular formula is C34H30FN3O8. The van der Waals surface area contributed by atoms with E-state index in [2.05, 4.69) is 10.1 Å². The number of carbonyl (C=O) groups is 3. The van der Waals surface area contributed by atoms with E-state index in [9.17, 15) is 23.9 Å². The van der Waals surface area contributed by atoms with Gasteiger partial charge in [-0.3, -0.25) is 19.3 Å². The lowest BCUT2D eigenvalue weighted by atomic mass is 9.67. The van der Waals surface area contributed by atoms with Gasteiger partial charge in [-0.05, 0) is 35.6 Å². The average molecular weight is 628 g/mol. The Bertz CT molecular complexity index is 1810. The van der Waals surface area contributed by atoms with Crippen molar-refractivity contribution < 1.29 is 42.6 Å². The number of piperidine rings is 1. The number of rotatable bonds is 9. The number of hydrogen-bond donors (Lipinski definition) is 1. The molecule has 3 heterocycles. The Labute approximate surface area is 263 Å². The van der Waals surface area contributed by atoms with Crippen LogP contribution in [0.1, 0.15) is 18.9 Å². The summed E-state index contributed by atoms with van der Waals surface area (Å²) in [5.74, 6) is -3.37. The van der Waals surface area contributed by atoms with E-state index in [4.69, 9.17) is 18.7 Å². The second-order valence-electron chi connectivity index (χ2n) is 11.3. The van der Waals surface area contributed by atoms with Crippen molar-refractivity contribution >= 4 is 17.7 Å². The van der Waals surface area contributed by atoms with Crippen molar-refractivity contribution in [1.82, 2.24) is 15.0 Å². The van der Waals surface area contributed by atoms with Crippen molar-refractivity contribution in [3.05, 3.63) is 96.2 Å². The maximum absolute atomic E-state index is 14.9. The minimum Gasteiger partial charge on any atom is -0.480 e.